The van der Waals surface area contributed by atoms with Gasteiger partial charge in [-0.15, -0.1) is 0 Å². The highest BCUT2D eigenvalue weighted by Gasteiger charge is 2.14. The predicted octanol–water partition coefficient (Wildman–Crippen LogP) is 3.94. The van der Waals surface area contributed by atoms with Crippen LogP contribution < -0.4 is 14.8 Å². The van der Waals surface area contributed by atoms with Gasteiger partial charge in [0, 0.05) is 11.8 Å². The molecular weight excluding hydrogens is 446 g/mol. The number of carboxylic acids is 1. The fraction of sp³-hybridized carbons (Fsp3) is 0.125. The SMILES string of the molecule is COc1cccc(NC(=O)COc2c(Br)cc(C(=O)O)cc2Br)c1. The summed E-state index contributed by atoms with van der Waals surface area (Å²) in [6, 6.07) is 9.75. The Labute approximate surface area is 155 Å². The number of methoxy groups -OCH3 is 1. The van der Waals surface area contributed by atoms with Gasteiger partial charge in [0.25, 0.3) is 5.91 Å². The molecule has 0 bridgehead atoms. The molecule has 6 nitrogen and oxygen atoms in total. The lowest BCUT2D eigenvalue weighted by atomic mass is 10.2. The Bertz CT molecular complexity index is 756. The van der Waals surface area contributed by atoms with Crippen molar-refractivity contribution in [3.63, 3.8) is 0 Å². The van der Waals surface area contributed by atoms with Crippen molar-refractivity contribution in [1.82, 2.24) is 0 Å². The second-order valence-corrected chi connectivity index (χ2v) is 6.35. The summed E-state index contributed by atoms with van der Waals surface area (Å²) in [6.45, 7) is -0.235. The number of nitrogens with one attached hydrogen (secondary N) is 1. The van der Waals surface area contributed by atoms with Crippen molar-refractivity contribution in [2.45, 2.75) is 0 Å². The van der Waals surface area contributed by atoms with E-state index in [0.29, 0.717) is 26.1 Å². The minimum Gasteiger partial charge on any atom is -0.497 e. The Morgan fingerprint density at radius 1 is 1.17 bits per heavy atom. The second-order valence-electron chi connectivity index (χ2n) is 4.64. The molecule has 2 N–H and O–H groups in total. The number of carboxylic acid groups (broad SMARTS) is 1. The Hall–Kier alpha value is -2.06. The van der Waals surface area contributed by atoms with E-state index in [2.05, 4.69) is 37.2 Å². The van der Waals surface area contributed by atoms with Gasteiger partial charge in [-0.1, -0.05) is 6.07 Å². The van der Waals surface area contributed by atoms with Crippen LogP contribution in [0.5, 0.6) is 11.5 Å². The van der Waals surface area contributed by atoms with Gasteiger partial charge in [0.05, 0.1) is 21.6 Å². The van der Waals surface area contributed by atoms with E-state index in [1.54, 1.807) is 31.4 Å². The number of hydrogen-bond donors (Lipinski definition) is 2. The van der Waals surface area contributed by atoms with Gasteiger partial charge in [-0.2, -0.15) is 0 Å². The number of aromatic carboxylic acids is 1. The van der Waals surface area contributed by atoms with E-state index in [0.717, 1.165) is 0 Å². The lowest BCUT2D eigenvalue weighted by molar-refractivity contribution is -0.118. The van der Waals surface area contributed by atoms with Crippen molar-refractivity contribution in [2.75, 3.05) is 19.0 Å². The molecule has 0 fully saturated rings. The minimum absolute atomic E-state index is 0.0990. The van der Waals surface area contributed by atoms with Crippen LogP contribution in [0.4, 0.5) is 5.69 Å². The molecule has 2 aromatic carbocycles. The summed E-state index contributed by atoms with van der Waals surface area (Å²) < 4.78 is 11.4. The van der Waals surface area contributed by atoms with Gasteiger partial charge in [0.2, 0.25) is 0 Å². The standard InChI is InChI=1S/C16H13Br2NO5/c1-23-11-4-2-3-10(7-11)19-14(20)8-24-15-12(17)5-9(16(21)22)6-13(15)18/h2-7H,8H2,1H3,(H,19,20)(H,21,22). The number of benzene rings is 2. The molecule has 1 amide bonds. The number of carbonyl (C=O) groups excluding carboxylic acids is 1. The normalized spacial score (nSPS) is 10.1. The summed E-state index contributed by atoms with van der Waals surface area (Å²) in [5, 5.41) is 11.7. The fourth-order valence-corrected chi connectivity index (χ4v) is 3.27. The number of halogens is 2. The van der Waals surface area contributed by atoms with Gasteiger partial charge < -0.3 is 19.9 Å². The van der Waals surface area contributed by atoms with Gasteiger partial charge in [-0.25, -0.2) is 4.79 Å². The third-order valence-electron chi connectivity index (χ3n) is 2.95. The monoisotopic (exact) mass is 457 g/mol. The van der Waals surface area contributed by atoms with Crippen LogP contribution in [0.3, 0.4) is 0 Å². The van der Waals surface area contributed by atoms with E-state index in [-0.39, 0.29) is 18.1 Å². The van der Waals surface area contributed by atoms with Gasteiger partial charge in [0.15, 0.2) is 6.61 Å². The highest BCUT2D eigenvalue weighted by atomic mass is 79.9. The first kappa shape index (κ1) is 18.3. The first-order valence-corrected chi connectivity index (χ1v) is 8.28. The summed E-state index contributed by atoms with van der Waals surface area (Å²) in [5.41, 5.74) is 0.684. The average Bonchev–Trinajstić information content (AvgIpc) is 2.54. The van der Waals surface area contributed by atoms with Gasteiger partial charge >= 0.3 is 5.97 Å². The third kappa shape index (κ3) is 4.72. The summed E-state index contributed by atoms with van der Waals surface area (Å²) >= 11 is 6.47. The molecule has 0 aromatic heterocycles. The molecule has 8 heteroatoms. The zero-order valence-corrected chi connectivity index (χ0v) is 15.7. The summed E-state index contributed by atoms with van der Waals surface area (Å²) in [5.74, 6) is -0.438. The lowest BCUT2D eigenvalue weighted by Crippen LogP contribution is -2.20. The quantitative estimate of drug-likeness (QED) is 0.684. The second kappa shape index (κ2) is 8.16. The van der Waals surface area contributed by atoms with E-state index in [1.165, 1.54) is 12.1 Å². The van der Waals surface area contributed by atoms with Crippen LogP contribution in [0.15, 0.2) is 45.3 Å². The topological polar surface area (TPSA) is 84.9 Å². The smallest absolute Gasteiger partial charge is 0.335 e. The first-order valence-electron chi connectivity index (χ1n) is 6.69. The maximum absolute atomic E-state index is 12.0. The molecule has 0 saturated heterocycles. The summed E-state index contributed by atoms with van der Waals surface area (Å²) in [4.78, 5) is 23.0. The fourth-order valence-electron chi connectivity index (χ4n) is 1.86. The molecule has 0 unspecified atom stereocenters. The molecular formula is C16H13Br2NO5. The molecule has 0 saturated carbocycles. The van der Waals surface area contributed by atoms with Gasteiger partial charge in [0.1, 0.15) is 11.5 Å². The average molecular weight is 459 g/mol. The number of ether oxygens (including phenoxy) is 2. The van der Waals surface area contributed by atoms with Crippen molar-refractivity contribution in [2.24, 2.45) is 0 Å². The van der Waals surface area contributed by atoms with Crippen LogP contribution in [0.25, 0.3) is 0 Å². The molecule has 126 valence electrons. The van der Waals surface area contributed by atoms with E-state index in [1.807, 2.05) is 0 Å². The van der Waals surface area contributed by atoms with Crippen molar-refractivity contribution < 1.29 is 24.2 Å². The number of hydrogen-bond acceptors (Lipinski definition) is 4. The van der Waals surface area contributed by atoms with Crippen molar-refractivity contribution in [1.29, 1.82) is 0 Å². The van der Waals surface area contributed by atoms with Gasteiger partial charge in [-0.05, 0) is 56.1 Å². The van der Waals surface area contributed by atoms with E-state index in [9.17, 15) is 9.59 Å². The number of anilines is 1. The largest absolute Gasteiger partial charge is 0.497 e. The molecule has 0 spiro atoms. The molecule has 2 rings (SSSR count). The van der Waals surface area contributed by atoms with Crippen LogP contribution in [-0.4, -0.2) is 30.7 Å². The predicted molar refractivity (Wildman–Crippen MR) is 95.9 cm³/mol. The maximum atomic E-state index is 12.0. The molecule has 24 heavy (non-hydrogen) atoms. The number of rotatable bonds is 6. The Balaban J connectivity index is 2.02. The van der Waals surface area contributed by atoms with Crippen LogP contribution in [0.1, 0.15) is 10.4 Å². The van der Waals surface area contributed by atoms with Crippen LogP contribution in [-0.2, 0) is 4.79 Å². The number of amides is 1. The zero-order chi connectivity index (χ0) is 17.7. The molecule has 0 aliphatic carbocycles. The minimum atomic E-state index is -1.06. The van der Waals surface area contributed by atoms with E-state index >= 15 is 0 Å². The molecule has 0 heterocycles. The van der Waals surface area contributed by atoms with Crippen molar-refractivity contribution in [3.8, 4) is 11.5 Å². The van der Waals surface area contributed by atoms with Crippen LogP contribution in [0.2, 0.25) is 0 Å². The van der Waals surface area contributed by atoms with Crippen molar-refractivity contribution >= 4 is 49.4 Å². The van der Waals surface area contributed by atoms with E-state index < -0.39 is 5.97 Å². The molecule has 0 atom stereocenters. The van der Waals surface area contributed by atoms with Gasteiger partial charge in [-0.3, -0.25) is 4.79 Å². The first-order chi connectivity index (χ1) is 11.4. The van der Waals surface area contributed by atoms with Crippen molar-refractivity contribution in [3.05, 3.63) is 50.9 Å². The Morgan fingerprint density at radius 3 is 2.42 bits per heavy atom. The lowest BCUT2D eigenvalue weighted by Gasteiger charge is -2.12. The Kier molecular flexibility index (Phi) is 6.22. The summed E-state index contributed by atoms with van der Waals surface area (Å²) in [6.07, 6.45) is 0. The number of carbonyl (C=O) groups is 2. The molecule has 0 aliphatic heterocycles. The highest BCUT2D eigenvalue weighted by Crippen LogP contribution is 2.34. The Morgan fingerprint density at radius 2 is 1.83 bits per heavy atom. The molecule has 0 radical (unpaired) electrons. The molecule has 2 aromatic rings. The third-order valence-corrected chi connectivity index (χ3v) is 4.12. The van der Waals surface area contributed by atoms with E-state index in [4.69, 9.17) is 14.6 Å². The van der Waals surface area contributed by atoms with Crippen LogP contribution in [0, 0.1) is 0 Å². The van der Waals surface area contributed by atoms with Crippen LogP contribution >= 0.6 is 31.9 Å². The molecule has 0 aliphatic rings. The maximum Gasteiger partial charge on any atom is 0.335 e. The summed E-state index contributed by atoms with van der Waals surface area (Å²) in [7, 11) is 1.54. The highest BCUT2D eigenvalue weighted by molar-refractivity contribution is 9.11. The zero-order valence-electron chi connectivity index (χ0n) is 12.5.